The summed E-state index contributed by atoms with van der Waals surface area (Å²) in [6, 6.07) is 10.0. The Morgan fingerprint density at radius 1 is 1.38 bits per heavy atom. The quantitative estimate of drug-likeness (QED) is 0.688. The van der Waals surface area contributed by atoms with Gasteiger partial charge in [-0.15, -0.1) is 0 Å². The second-order valence-electron chi connectivity index (χ2n) is 4.38. The number of nitrogens with one attached hydrogen (secondary N) is 1. The van der Waals surface area contributed by atoms with Gasteiger partial charge >= 0.3 is 0 Å². The lowest BCUT2D eigenvalue weighted by atomic mass is 9.83. The lowest BCUT2D eigenvalue weighted by Gasteiger charge is -2.37. The summed E-state index contributed by atoms with van der Waals surface area (Å²) in [6.45, 7) is 4.81. The van der Waals surface area contributed by atoms with Crippen LogP contribution in [0.25, 0.3) is 0 Å². The van der Waals surface area contributed by atoms with Crippen LogP contribution in [0.1, 0.15) is 20.3 Å². The molecule has 0 aliphatic carbocycles. The molecule has 1 rings (SSSR count). The molecule has 0 saturated heterocycles. The number of aliphatic hydroxyl groups is 1. The zero-order valence-electron chi connectivity index (χ0n) is 10.1. The van der Waals surface area contributed by atoms with E-state index in [1.54, 1.807) is 0 Å². The summed E-state index contributed by atoms with van der Waals surface area (Å²) in [6.07, 6.45) is 0.921. The fraction of sp³-hybridized carbons (Fsp3) is 0.538. The highest BCUT2D eigenvalue weighted by atomic mass is 16.3. The molecule has 0 fully saturated rings. The maximum atomic E-state index is 9.35. The summed E-state index contributed by atoms with van der Waals surface area (Å²) in [5.41, 5.74) is 6.61. The topological polar surface area (TPSA) is 58.3 Å². The maximum absolute atomic E-state index is 9.35. The number of aliphatic hydroxyl groups excluding tert-OH is 1. The average Bonchev–Trinajstić information content (AvgIpc) is 2.32. The van der Waals surface area contributed by atoms with E-state index in [1.165, 1.54) is 0 Å². The Labute approximate surface area is 97.7 Å². The van der Waals surface area contributed by atoms with Gasteiger partial charge in [-0.05, 0) is 32.0 Å². The van der Waals surface area contributed by atoms with Crippen molar-refractivity contribution in [2.45, 2.75) is 25.8 Å². The first-order chi connectivity index (χ1) is 7.66. The van der Waals surface area contributed by atoms with Crippen LogP contribution in [-0.2, 0) is 0 Å². The van der Waals surface area contributed by atoms with Crippen molar-refractivity contribution >= 4 is 5.69 Å². The minimum atomic E-state index is -0.162. The van der Waals surface area contributed by atoms with Crippen molar-refractivity contribution < 1.29 is 5.11 Å². The smallest absolute Gasteiger partial charge is 0.0493 e. The van der Waals surface area contributed by atoms with Gasteiger partial charge in [-0.1, -0.05) is 25.1 Å². The van der Waals surface area contributed by atoms with Crippen LogP contribution < -0.4 is 11.1 Å². The highest BCUT2D eigenvalue weighted by Crippen LogP contribution is 2.25. The van der Waals surface area contributed by atoms with Crippen molar-refractivity contribution in [1.82, 2.24) is 0 Å². The molecule has 1 aromatic rings. The molecule has 0 unspecified atom stereocenters. The molecule has 1 aromatic carbocycles. The van der Waals surface area contributed by atoms with Crippen molar-refractivity contribution in [2.75, 3.05) is 18.5 Å². The minimum absolute atomic E-state index is 0.0673. The van der Waals surface area contributed by atoms with E-state index in [-0.39, 0.29) is 18.1 Å². The predicted octanol–water partition coefficient (Wildman–Crippen LogP) is 1.83. The lowest BCUT2D eigenvalue weighted by Crippen LogP contribution is -2.47. The fourth-order valence-electron chi connectivity index (χ4n) is 1.87. The largest absolute Gasteiger partial charge is 0.396 e. The molecule has 4 N–H and O–H groups in total. The first kappa shape index (κ1) is 13.0. The minimum Gasteiger partial charge on any atom is -0.396 e. The Morgan fingerprint density at radius 2 is 2.00 bits per heavy atom. The molecule has 0 amide bonds. The van der Waals surface area contributed by atoms with Gasteiger partial charge < -0.3 is 16.2 Å². The van der Waals surface area contributed by atoms with Gasteiger partial charge in [0.25, 0.3) is 0 Å². The van der Waals surface area contributed by atoms with Crippen LogP contribution in [0, 0.1) is 5.92 Å². The number of benzene rings is 1. The molecule has 16 heavy (non-hydrogen) atoms. The SMILES string of the molecule is CC[C@](C)(Nc1ccccc1)[C@H](CN)CO. The van der Waals surface area contributed by atoms with Crippen molar-refractivity contribution in [3.05, 3.63) is 30.3 Å². The second kappa shape index (κ2) is 5.87. The maximum Gasteiger partial charge on any atom is 0.0493 e. The van der Waals surface area contributed by atoms with Gasteiger partial charge in [0.2, 0.25) is 0 Å². The first-order valence-electron chi connectivity index (χ1n) is 5.80. The number of rotatable bonds is 6. The summed E-state index contributed by atoms with van der Waals surface area (Å²) in [7, 11) is 0. The summed E-state index contributed by atoms with van der Waals surface area (Å²) in [5.74, 6) is 0.0673. The van der Waals surface area contributed by atoms with E-state index in [1.807, 2.05) is 30.3 Å². The third kappa shape index (κ3) is 2.97. The zero-order valence-corrected chi connectivity index (χ0v) is 10.1. The van der Waals surface area contributed by atoms with Crippen LogP contribution in [0.4, 0.5) is 5.69 Å². The van der Waals surface area contributed by atoms with E-state index in [4.69, 9.17) is 5.73 Å². The Bertz CT molecular complexity index is 298. The summed E-state index contributed by atoms with van der Waals surface area (Å²) >= 11 is 0. The monoisotopic (exact) mass is 222 g/mol. The lowest BCUT2D eigenvalue weighted by molar-refractivity contribution is 0.174. The molecule has 0 heterocycles. The van der Waals surface area contributed by atoms with Gasteiger partial charge in [0.15, 0.2) is 0 Å². The van der Waals surface area contributed by atoms with E-state index >= 15 is 0 Å². The second-order valence-corrected chi connectivity index (χ2v) is 4.38. The van der Waals surface area contributed by atoms with Crippen molar-refractivity contribution in [1.29, 1.82) is 0 Å². The van der Waals surface area contributed by atoms with Gasteiger partial charge in [0.1, 0.15) is 0 Å². The fourth-order valence-corrected chi connectivity index (χ4v) is 1.87. The molecule has 0 aliphatic rings. The number of hydrogen-bond donors (Lipinski definition) is 3. The number of nitrogens with two attached hydrogens (primary N) is 1. The van der Waals surface area contributed by atoms with Gasteiger partial charge in [-0.2, -0.15) is 0 Å². The Morgan fingerprint density at radius 3 is 2.44 bits per heavy atom. The third-order valence-electron chi connectivity index (χ3n) is 3.34. The van der Waals surface area contributed by atoms with Crippen LogP contribution in [0.3, 0.4) is 0 Å². The van der Waals surface area contributed by atoms with E-state index in [0.29, 0.717) is 6.54 Å². The van der Waals surface area contributed by atoms with Crippen molar-refractivity contribution in [3.8, 4) is 0 Å². The van der Waals surface area contributed by atoms with E-state index in [2.05, 4.69) is 19.2 Å². The Balaban J connectivity index is 2.81. The molecule has 0 bridgehead atoms. The van der Waals surface area contributed by atoms with Crippen LogP contribution in [0.2, 0.25) is 0 Å². The van der Waals surface area contributed by atoms with Crippen LogP contribution in [0.5, 0.6) is 0 Å². The van der Waals surface area contributed by atoms with Crippen LogP contribution in [-0.4, -0.2) is 23.8 Å². The first-order valence-corrected chi connectivity index (χ1v) is 5.80. The van der Waals surface area contributed by atoms with E-state index < -0.39 is 0 Å². The molecule has 2 atom stereocenters. The van der Waals surface area contributed by atoms with Gasteiger partial charge in [0.05, 0.1) is 0 Å². The van der Waals surface area contributed by atoms with E-state index in [0.717, 1.165) is 12.1 Å². The molecule has 0 saturated carbocycles. The summed E-state index contributed by atoms with van der Waals surface area (Å²) in [4.78, 5) is 0. The molecule has 3 heteroatoms. The van der Waals surface area contributed by atoms with Crippen molar-refractivity contribution in [3.63, 3.8) is 0 Å². The molecular formula is C13H22N2O. The summed E-state index contributed by atoms with van der Waals surface area (Å²) < 4.78 is 0. The standard InChI is InChI=1S/C13H22N2O/c1-3-13(2,11(9-14)10-16)15-12-7-5-4-6-8-12/h4-8,11,15-16H,3,9-10,14H2,1-2H3/t11-,13+/m1/s1. The number of hydrogen-bond acceptors (Lipinski definition) is 3. The van der Waals surface area contributed by atoms with Crippen LogP contribution in [0.15, 0.2) is 30.3 Å². The van der Waals surface area contributed by atoms with Gasteiger partial charge in [-0.25, -0.2) is 0 Å². The molecule has 0 radical (unpaired) electrons. The molecule has 0 spiro atoms. The average molecular weight is 222 g/mol. The van der Waals surface area contributed by atoms with Crippen LogP contribution >= 0.6 is 0 Å². The van der Waals surface area contributed by atoms with Crippen molar-refractivity contribution in [2.24, 2.45) is 11.7 Å². The number of para-hydroxylation sites is 1. The van der Waals surface area contributed by atoms with E-state index in [9.17, 15) is 5.11 Å². The molecule has 90 valence electrons. The van der Waals surface area contributed by atoms with Gasteiger partial charge in [0, 0.05) is 23.8 Å². The summed E-state index contributed by atoms with van der Waals surface area (Å²) in [5, 5.41) is 12.8. The Hall–Kier alpha value is -1.06. The van der Waals surface area contributed by atoms with Gasteiger partial charge in [-0.3, -0.25) is 0 Å². The number of anilines is 1. The molecular weight excluding hydrogens is 200 g/mol. The highest BCUT2D eigenvalue weighted by Gasteiger charge is 2.30. The Kier molecular flexibility index (Phi) is 4.77. The third-order valence-corrected chi connectivity index (χ3v) is 3.34. The normalized spacial score (nSPS) is 16.5. The highest BCUT2D eigenvalue weighted by molar-refractivity contribution is 5.45. The zero-order chi connectivity index (χ0) is 12.0. The molecule has 0 aromatic heterocycles. The molecule has 0 aliphatic heterocycles. The molecule has 3 nitrogen and oxygen atoms in total. The predicted molar refractivity (Wildman–Crippen MR) is 68.4 cm³/mol.